The second-order valence-electron chi connectivity index (χ2n) is 3.13. The molecule has 16 heavy (non-hydrogen) atoms. The Morgan fingerprint density at radius 3 is 2.19 bits per heavy atom. The third kappa shape index (κ3) is 7.04. The number of nitrogen functional groups attached to an aromatic ring is 1. The van der Waals surface area contributed by atoms with Crippen LogP contribution in [0, 0.1) is 6.92 Å². The molecule has 0 aliphatic rings. The van der Waals surface area contributed by atoms with Crippen molar-refractivity contribution in [1.29, 1.82) is 0 Å². The minimum absolute atomic E-state index is 0.600. The fourth-order valence-corrected chi connectivity index (χ4v) is 0.974. The van der Waals surface area contributed by atoms with Crippen molar-refractivity contribution in [3.63, 3.8) is 0 Å². The van der Waals surface area contributed by atoms with Crippen LogP contribution in [-0.4, -0.2) is 4.98 Å². The summed E-state index contributed by atoms with van der Waals surface area (Å²) >= 11 is 0. The van der Waals surface area contributed by atoms with E-state index < -0.39 is 0 Å². The van der Waals surface area contributed by atoms with Gasteiger partial charge in [0.05, 0.1) is 0 Å². The van der Waals surface area contributed by atoms with Gasteiger partial charge in [-0.25, -0.2) is 4.98 Å². The number of pyridine rings is 1. The Labute approximate surface area is 101 Å². The first-order valence-electron chi connectivity index (χ1n) is 6.01. The zero-order valence-electron chi connectivity index (χ0n) is 11.5. The monoisotopic (exact) mass is 222 g/mol. The summed E-state index contributed by atoms with van der Waals surface area (Å²) in [6.45, 7) is 12.2. The molecule has 0 amide bonds. The van der Waals surface area contributed by atoms with Crippen LogP contribution in [0.25, 0.3) is 6.08 Å². The quantitative estimate of drug-likeness (QED) is 0.762. The normalized spacial score (nSPS) is 8.88. The highest BCUT2D eigenvalue weighted by Crippen LogP contribution is 2.14. The number of nitrogens with zero attached hydrogens (tertiary/aromatic N) is 1. The predicted octanol–water partition coefficient (Wildman–Crippen LogP) is 4.45. The molecule has 0 spiro atoms. The van der Waals surface area contributed by atoms with Crippen molar-refractivity contribution in [2.45, 2.75) is 48.0 Å². The smallest absolute Gasteiger partial charge is 0.130 e. The van der Waals surface area contributed by atoms with E-state index in [1.807, 2.05) is 45.9 Å². The van der Waals surface area contributed by atoms with Gasteiger partial charge in [0, 0.05) is 11.8 Å². The van der Waals surface area contributed by atoms with Gasteiger partial charge in [0.2, 0.25) is 0 Å². The average Bonchev–Trinajstić information content (AvgIpc) is 2.28. The number of nitrogens with two attached hydrogens (primary N) is 1. The lowest BCUT2D eigenvalue weighted by Gasteiger charge is -2.01. The van der Waals surface area contributed by atoms with Crippen LogP contribution in [-0.2, 0) is 0 Å². The minimum Gasteiger partial charge on any atom is -0.383 e. The maximum atomic E-state index is 5.65. The number of allylic oxidation sites excluding steroid dienone is 1. The van der Waals surface area contributed by atoms with E-state index in [1.54, 1.807) is 6.20 Å². The number of hydrogen-bond donors (Lipinski definition) is 1. The molecule has 0 aliphatic heterocycles. The highest BCUT2D eigenvalue weighted by atomic mass is 14.8. The molecule has 0 bridgehead atoms. The van der Waals surface area contributed by atoms with E-state index in [-0.39, 0.29) is 0 Å². The Kier molecular flexibility index (Phi) is 12.6. The van der Waals surface area contributed by atoms with Crippen LogP contribution in [0.4, 0.5) is 5.82 Å². The Bertz CT molecular complexity index is 271. The van der Waals surface area contributed by atoms with Crippen molar-refractivity contribution in [1.82, 2.24) is 4.98 Å². The number of anilines is 1. The Morgan fingerprint density at radius 1 is 1.31 bits per heavy atom. The molecule has 1 aromatic heterocycles. The van der Waals surface area contributed by atoms with Crippen LogP contribution < -0.4 is 5.73 Å². The van der Waals surface area contributed by atoms with Crippen molar-refractivity contribution in [3.8, 4) is 0 Å². The molecule has 2 nitrogen and oxygen atoms in total. The van der Waals surface area contributed by atoms with E-state index in [4.69, 9.17) is 5.73 Å². The van der Waals surface area contributed by atoms with Gasteiger partial charge >= 0.3 is 0 Å². The molecule has 2 N–H and O–H groups in total. The van der Waals surface area contributed by atoms with Crippen LogP contribution in [0.5, 0.6) is 0 Å². The largest absolute Gasteiger partial charge is 0.383 e. The second-order valence-corrected chi connectivity index (χ2v) is 3.13. The lowest BCUT2D eigenvalue weighted by atomic mass is 10.1. The minimum atomic E-state index is 0.600. The first-order valence-corrected chi connectivity index (χ1v) is 6.01. The fraction of sp³-hybridized carbons (Fsp3) is 0.500. The second kappa shape index (κ2) is 11.8. The summed E-state index contributed by atoms with van der Waals surface area (Å²) in [5, 5.41) is 0. The van der Waals surface area contributed by atoms with Crippen LogP contribution in [0.1, 0.15) is 52.2 Å². The van der Waals surface area contributed by atoms with Crippen LogP contribution in [0.3, 0.4) is 0 Å². The zero-order chi connectivity index (χ0) is 13.0. The van der Waals surface area contributed by atoms with Gasteiger partial charge in [0.1, 0.15) is 5.82 Å². The van der Waals surface area contributed by atoms with Crippen molar-refractivity contribution < 1.29 is 0 Å². The number of rotatable bonds is 1. The van der Waals surface area contributed by atoms with Gasteiger partial charge in [-0.2, -0.15) is 0 Å². The number of aromatic nitrogens is 1. The summed E-state index contributed by atoms with van der Waals surface area (Å²) in [4.78, 5) is 3.99. The summed E-state index contributed by atoms with van der Waals surface area (Å²) in [5.41, 5.74) is 7.83. The van der Waals surface area contributed by atoms with Gasteiger partial charge in [0.15, 0.2) is 0 Å². The van der Waals surface area contributed by atoms with E-state index >= 15 is 0 Å². The average molecular weight is 222 g/mol. The lowest BCUT2D eigenvalue weighted by Crippen LogP contribution is -1.94. The standard InChI is InChI=1S/C9H12N2.C3H8.C2H6/c1-3-4-8-7(2)5-6-11-9(8)10;1-3-2;1-2/h3-6H,1-2H3,(H2,10,11);3H2,1-2H3;1-2H3/b4-3-;;. The molecule has 0 saturated carbocycles. The fourth-order valence-electron chi connectivity index (χ4n) is 0.974. The maximum Gasteiger partial charge on any atom is 0.130 e. The molecule has 0 saturated heterocycles. The molecular weight excluding hydrogens is 196 g/mol. The number of aryl methyl sites for hydroxylation is 1. The molecule has 1 rings (SSSR count). The SMILES string of the molecule is C/C=C\c1c(C)ccnc1N.CC.CCC. The zero-order valence-corrected chi connectivity index (χ0v) is 11.5. The van der Waals surface area contributed by atoms with E-state index in [0.29, 0.717) is 5.82 Å². The van der Waals surface area contributed by atoms with Gasteiger partial charge in [-0.3, -0.25) is 0 Å². The molecule has 1 aromatic rings. The van der Waals surface area contributed by atoms with Gasteiger partial charge in [0.25, 0.3) is 0 Å². The summed E-state index contributed by atoms with van der Waals surface area (Å²) in [5.74, 6) is 0.600. The van der Waals surface area contributed by atoms with Crippen molar-refractivity contribution >= 4 is 11.9 Å². The van der Waals surface area contributed by atoms with Gasteiger partial charge in [-0.05, 0) is 25.5 Å². The summed E-state index contributed by atoms with van der Waals surface area (Å²) in [6.07, 6.45) is 6.90. The Morgan fingerprint density at radius 2 is 1.81 bits per heavy atom. The predicted molar refractivity (Wildman–Crippen MR) is 75.4 cm³/mol. The highest BCUT2D eigenvalue weighted by molar-refractivity contribution is 5.63. The Balaban J connectivity index is 0. The molecule has 92 valence electrons. The topological polar surface area (TPSA) is 38.9 Å². The lowest BCUT2D eigenvalue weighted by molar-refractivity contribution is 1.09. The molecule has 0 aromatic carbocycles. The van der Waals surface area contributed by atoms with Crippen molar-refractivity contribution in [3.05, 3.63) is 29.5 Å². The van der Waals surface area contributed by atoms with Crippen LogP contribution in [0.15, 0.2) is 18.3 Å². The van der Waals surface area contributed by atoms with Crippen LogP contribution >= 0.6 is 0 Å². The number of hydrogen-bond acceptors (Lipinski definition) is 2. The maximum absolute atomic E-state index is 5.65. The van der Waals surface area contributed by atoms with Crippen molar-refractivity contribution in [2.75, 3.05) is 5.73 Å². The molecule has 0 aliphatic carbocycles. The molecule has 0 fully saturated rings. The summed E-state index contributed by atoms with van der Waals surface area (Å²) in [7, 11) is 0. The van der Waals surface area contributed by atoms with Crippen LogP contribution in [0.2, 0.25) is 0 Å². The summed E-state index contributed by atoms with van der Waals surface area (Å²) < 4.78 is 0. The molecule has 0 unspecified atom stereocenters. The summed E-state index contributed by atoms with van der Waals surface area (Å²) in [6, 6.07) is 1.95. The van der Waals surface area contributed by atoms with Gasteiger partial charge < -0.3 is 5.73 Å². The molecular formula is C14H26N2. The third-order valence-corrected chi connectivity index (χ3v) is 1.57. The van der Waals surface area contributed by atoms with Gasteiger partial charge in [-0.15, -0.1) is 0 Å². The van der Waals surface area contributed by atoms with Crippen molar-refractivity contribution in [2.24, 2.45) is 0 Å². The molecule has 1 heterocycles. The third-order valence-electron chi connectivity index (χ3n) is 1.57. The van der Waals surface area contributed by atoms with E-state index in [2.05, 4.69) is 18.8 Å². The van der Waals surface area contributed by atoms with E-state index in [0.717, 1.165) is 11.1 Å². The first kappa shape index (κ1) is 17.1. The highest BCUT2D eigenvalue weighted by Gasteiger charge is 1.97. The Hall–Kier alpha value is -1.31. The molecule has 0 radical (unpaired) electrons. The molecule has 0 atom stereocenters. The molecule has 2 heteroatoms. The van der Waals surface area contributed by atoms with Gasteiger partial charge in [-0.1, -0.05) is 46.3 Å². The first-order chi connectivity index (χ1) is 7.67. The van der Waals surface area contributed by atoms with E-state index in [9.17, 15) is 0 Å². The van der Waals surface area contributed by atoms with E-state index in [1.165, 1.54) is 6.42 Å².